The Morgan fingerprint density at radius 1 is 1.21 bits per heavy atom. The fraction of sp³-hybridized carbons (Fsp3) is 0.560. The van der Waals surface area contributed by atoms with Gasteiger partial charge in [-0.15, -0.1) is 0 Å². The predicted octanol–water partition coefficient (Wildman–Crippen LogP) is 4.01. The van der Waals surface area contributed by atoms with Crippen LogP contribution in [0.4, 0.5) is 4.39 Å². The average molecular weight is 481 g/mol. The van der Waals surface area contributed by atoms with Crippen LogP contribution in [0.15, 0.2) is 30.1 Å². The molecule has 2 aliphatic rings. The third-order valence-electron chi connectivity index (χ3n) is 5.81. The molecule has 0 spiro atoms. The van der Waals surface area contributed by atoms with Gasteiger partial charge in [-0.2, -0.15) is 0 Å². The van der Waals surface area contributed by atoms with Gasteiger partial charge in [0.15, 0.2) is 12.6 Å². The van der Waals surface area contributed by atoms with E-state index >= 15 is 0 Å². The second-order valence-electron chi connectivity index (χ2n) is 8.88. The first-order chi connectivity index (χ1) is 16.1. The molecular weight excluding hydrogens is 447 g/mol. The first-order valence-corrected chi connectivity index (χ1v) is 11.2. The van der Waals surface area contributed by atoms with Crippen molar-refractivity contribution in [2.45, 2.75) is 64.3 Å². The van der Waals surface area contributed by atoms with Crippen molar-refractivity contribution in [3.05, 3.63) is 41.2 Å². The number of aliphatic hydroxyl groups excluding tert-OH is 1. The molecule has 0 aromatic heterocycles. The van der Waals surface area contributed by atoms with Crippen molar-refractivity contribution in [1.29, 1.82) is 0 Å². The lowest BCUT2D eigenvalue weighted by Gasteiger charge is -2.24. The van der Waals surface area contributed by atoms with E-state index in [-0.39, 0.29) is 18.1 Å². The smallest absolute Gasteiger partial charge is 0.342 e. The van der Waals surface area contributed by atoms with Gasteiger partial charge in [-0.05, 0) is 44.9 Å². The standard InChI is InChI=1S/C25H33FO8/c1-14-10-18(26)22(27)23-19(33-25(3,4)34-23)9-7-8-16-11-17(30-6)12-20(31-13-29-5)21(16)24(28)32-15(14)2/h7-8,10-12,14-15,19,22-23,27H,9,13H2,1-6H3/b8-7?,18-10+/t14-,15+,19?,22?,23+/m1/s1. The minimum absolute atomic E-state index is 0.0849. The largest absolute Gasteiger partial charge is 0.497 e. The molecule has 3 rings (SSSR count). The maximum absolute atomic E-state index is 15.0. The lowest BCUT2D eigenvalue weighted by atomic mass is 9.98. The second-order valence-corrected chi connectivity index (χ2v) is 8.88. The summed E-state index contributed by atoms with van der Waals surface area (Å²) in [5.41, 5.74) is 0.694. The Labute approximate surface area is 199 Å². The molecule has 1 saturated heterocycles. The Kier molecular flexibility index (Phi) is 8.35. The molecule has 2 unspecified atom stereocenters. The van der Waals surface area contributed by atoms with Crippen LogP contribution in [0.2, 0.25) is 0 Å². The number of cyclic esters (lactones) is 1. The van der Waals surface area contributed by atoms with Crippen LogP contribution in [-0.4, -0.2) is 62.3 Å². The molecular formula is C25H33FO8. The number of benzene rings is 1. The monoisotopic (exact) mass is 480 g/mol. The minimum atomic E-state index is -1.52. The predicted molar refractivity (Wildman–Crippen MR) is 122 cm³/mol. The van der Waals surface area contributed by atoms with E-state index in [9.17, 15) is 14.3 Å². The van der Waals surface area contributed by atoms with Gasteiger partial charge in [0.25, 0.3) is 0 Å². The van der Waals surface area contributed by atoms with Crippen molar-refractivity contribution < 1.29 is 42.7 Å². The summed E-state index contributed by atoms with van der Waals surface area (Å²) < 4.78 is 48.4. The summed E-state index contributed by atoms with van der Waals surface area (Å²) >= 11 is 0. The van der Waals surface area contributed by atoms with Crippen molar-refractivity contribution in [2.24, 2.45) is 5.92 Å². The highest BCUT2D eigenvalue weighted by Crippen LogP contribution is 2.36. The summed E-state index contributed by atoms with van der Waals surface area (Å²) in [5, 5.41) is 10.7. The molecule has 1 fully saturated rings. The number of aliphatic hydroxyl groups is 1. The van der Waals surface area contributed by atoms with Crippen molar-refractivity contribution in [2.75, 3.05) is 21.0 Å². The molecule has 0 amide bonds. The fourth-order valence-electron chi connectivity index (χ4n) is 3.93. The molecule has 188 valence electrons. The Morgan fingerprint density at radius 3 is 2.62 bits per heavy atom. The number of hydrogen-bond acceptors (Lipinski definition) is 8. The van der Waals surface area contributed by atoms with Crippen molar-refractivity contribution in [1.82, 2.24) is 0 Å². The highest BCUT2D eigenvalue weighted by molar-refractivity contribution is 5.97. The third-order valence-corrected chi connectivity index (χ3v) is 5.81. The molecule has 34 heavy (non-hydrogen) atoms. The summed E-state index contributed by atoms with van der Waals surface area (Å²) in [4.78, 5) is 13.2. The number of rotatable bonds is 4. The number of carbonyl (C=O) groups excluding carboxylic acids is 1. The van der Waals surface area contributed by atoms with Crippen LogP contribution in [0.3, 0.4) is 0 Å². The summed E-state index contributed by atoms with van der Waals surface area (Å²) in [6.07, 6.45) is 1.28. The maximum atomic E-state index is 15.0. The normalized spacial score (nSPS) is 30.9. The van der Waals surface area contributed by atoms with E-state index in [0.29, 0.717) is 17.7 Å². The van der Waals surface area contributed by atoms with Gasteiger partial charge in [-0.1, -0.05) is 19.1 Å². The van der Waals surface area contributed by atoms with E-state index in [1.54, 1.807) is 52.0 Å². The van der Waals surface area contributed by atoms with Crippen LogP contribution >= 0.6 is 0 Å². The van der Waals surface area contributed by atoms with Crippen molar-refractivity contribution >= 4 is 12.0 Å². The first kappa shape index (κ1) is 26.2. The molecule has 1 aromatic carbocycles. The molecule has 0 aliphatic carbocycles. The molecule has 1 aromatic rings. The molecule has 2 heterocycles. The summed E-state index contributed by atoms with van der Waals surface area (Å²) in [5.74, 6) is -2.21. The first-order valence-electron chi connectivity index (χ1n) is 11.2. The second kappa shape index (κ2) is 10.9. The Balaban J connectivity index is 2.09. The van der Waals surface area contributed by atoms with Crippen molar-refractivity contribution in [3.63, 3.8) is 0 Å². The number of methoxy groups -OCH3 is 2. The van der Waals surface area contributed by atoms with Gasteiger partial charge in [-0.3, -0.25) is 0 Å². The van der Waals surface area contributed by atoms with Gasteiger partial charge < -0.3 is 33.5 Å². The zero-order valence-electron chi connectivity index (χ0n) is 20.4. The topological polar surface area (TPSA) is 92.7 Å². The number of halogens is 1. The molecule has 0 radical (unpaired) electrons. The van der Waals surface area contributed by atoms with Crippen LogP contribution in [0, 0.1) is 5.92 Å². The van der Waals surface area contributed by atoms with Gasteiger partial charge in [0, 0.05) is 19.1 Å². The van der Waals surface area contributed by atoms with Gasteiger partial charge in [0.05, 0.1) is 13.2 Å². The molecule has 9 heteroatoms. The van der Waals surface area contributed by atoms with E-state index in [1.165, 1.54) is 20.3 Å². The molecule has 1 N–H and O–H groups in total. The zero-order valence-corrected chi connectivity index (χ0v) is 20.4. The number of ether oxygens (including phenoxy) is 6. The highest BCUT2D eigenvalue weighted by atomic mass is 19.1. The SMILES string of the molecule is COCOc1cc(OC)cc2c1C(=O)O[C@@H](C)[C@H](C)/C=C(/F)C(O)[C@H]1OC(C)(C)OC1CC=C2. The van der Waals surface area contributed by atoms with Gasteiger partial charge in [-0.25, -0.2) is 9.18 Å². The van der Waals surface area contributed by atoms with Crippen LogP contribution < -0.4 is 9.47 Å². The summed E-state index contributed by atoms with van der Waals surface area (Å²) in [6.45, 7) is 6.69. The van der Waals surface area contributed by atoms with Crippen LogP contribution in [0.25, 0.3) is 6.08 Å². The van der Waals surface area contributed by atoms with E-state index in [4.69, 9.17) is 28.4 Å². The number of hydrogen-bond donors (Lipinski definition) is 1. The summed E-state index contributed by atoms with van der Waals surface area (Å²) in [7, 11) is 2.98. The van der Waals surface area contributed by atoms with Gasteiger partial charge in [0.1, 0.15) is 41.2 Å². The quantitative estimate of drug-likeness (QED) is 0.511. The van der Waals surface area contributed by atoms with Crippen LogP contribution in [-0.2, 0) is 18.9 Å². The zero-order chi connectivity index (χ0) is 25.0. The average Bonchev–Trinajstić information content (AvgIpc) is 3.09. The maximum Gasteiger partial charge on any atom is 0.342 e. The van der Waals surface area contributed by atoms with E-state index in [0.717, 1.165) is 0 Å². The van der Waals surface area contributed by atoms with E-state index in [2.05, 4.69) is 0 Å². The lowest BCUT2D eigenvalue weighted by molar-refractivity contribution is -0.153. The fourth-order valence-corrected chi connectivity index (χ4v) is 3.93. The number of fused-ring (bicyclic) bond motifs is 2. The number of carbonyl (C=O) groups is 1. The van der Waals surface area contributed by atoms with Gasteiger partial charge in [0.2, 0.25) is 0 Å². The Morgan fingerprint density at radius 2 is 1.94 bits per heavy atom. The molecule has 5 atom stereocenters. The Bertz CT molecular complexity index is 941. The Hall–Kier alpha value is -2.46. The molecule has 8 nitrogen and oxygen atoms in total. The van der Waals surface area contributed by atoms with E-state index < -0.39 is 47.9 Å². The van der Waals surface area contributed by atoms with Crippen LogP contribution in [0.1, 0.15) is 50.0 Å². The minimum Gasteiger partial charge on any atom is -0.497 e. The number of esters is 1. The molecule has 2 aliphatic heterocycles. The van der Waals surface area contributed by atoms with Gasteiger partial charge >= 0.3 is 5.97 Å². The summed E-state index contributed by atoms with van der Waals surface area (Å²) in [6, 6.07) is 3.27. The van der Waals surface area contributed by atoms with Crippen molar-refractivity contribution in [3.8, 4) is 11.5 Å². The lowest BCUT2D eigenvalue weighted by Crippen LogP contribution is -2.36. The van der Waals surface area contributed by atoms with E-state index in [1.807, 2.05) is 0 Å². The van der Waals surface area contributed by atoms with Crippen LogP contribution in [0.5, 0.6) is 11.5 Å². The molecule has 0 bridgehead atoms. The third kappa shape index (κ3) is 5.96. The highest BCUT2D eigenvalue weighted by Gasteiger charge is 2.45. The molecule has 0 saturated carbocycles.